The molecule has 0 spiro atoms. The van der Waals surface area contributed by atoms with Gasteiger partial charge in [0.25, 0.3) is 0 Å². The van der Waals surface area contributed by atoms with Crippen molar-refractivity contribution < 1.29 is 24.0 Å². The fraction of sp³-hybridized carbons (Fsp3) is 0.667. The summed E-state index contributed by atoms with van der Waals surface area (Å²) in [5.41, 5.74) is 0. The molecule has 1 aromatic rings. The normalized spacial score (nSPS) is 16.6. The van der Waals surface area contributed by atoms with E-state index < -0.39 is 12.0 Å². The molecule has 1 aromatic heterocycles. The summed E-state index contributed by atoms with van der Waals surface area (Å²) >= 11 is 0. The maximum absolute atomic E-state index is 12.0. The van der Waals surface area contributed by atoms with Crippen LogP contribution in [0.3, 0.4) is 0 Å². The number of aromatic nitrogens is 2. The first-order valence-electron chi connectivity index (χ1n) is 6.70. The highest BCUT2D eigenvalue weighted by molar-refractivity contribution is 5.89. The van der Waals surface area contributed by atoms with Crippen LogP contribution in [0.4, 0.5) is 0 Å². The van der Waals surface area contributed by atoms with Crippen LogP contribution in [0.5, 0.6) is 0 Å². The largest absolute Gasteiger partial charge is 0.392 e. The smallest absolute Gasteiger partial charge is 0.315 e. The van der Waals surface area contributed by atoms with Crippen LogP contribution in [0.15, 0.2) is 4.52 Å². The van der Waals surface area contributed by atoms with E-state index in [1.54, 1.807) is 11.8 Å². The fourth-order valence-electron chi connectivity index (χ4n) is 1.79. The predicted molar refractivity (Wildman–Crippen MR) is 69.4 cm³/mol. The molecule has 0 unspecified atom stereocenters. The second-order valence-electron chi connectivity index (χ2n) is 4.74. The lowest BCUT2D eigenvalue weighted by Gasteiger charge is -2.26. The average molecular weight is 298 g/mol. The molecule has 2 heterocycles. The molecule has 9 nitrogen and oxygen atoms in total. The number of nitrogens with zero attached hydrogens (tertiary/aromatic N) is 3. The Labute approximate surface area is 121 Å². The zero-order chi connectivity index (χ0) is 15.2. The zero-order valence-electron chi connectivity index (χ0n) is 11.7. The first-order valence-corrected chi connectivity index (χ1v) is 6.70. The van der Waals surface area contributed by atoms with Crippen molar-refractivity contribution in [1.82, 2.24) is 20.4 Å². The Morgan fingerprint density at radius 1 is 1.43 bits per heavy atom. The molecule has 1 fully saturated rings. The Morgan fingerprint density at radius 3 is 2.81 bits per heavy atom. The van der Waals surface area contributed by atoms with Gasteiger partial charge in [-0.3, -0.25) is 9.59 Å². The molecule has 1 saturated heterocycles. The van der Waals surface area contributed by atoms with Crippen molar-refractivity contribution >= 4 is 11.8 Å². The number of amides is 2. The molecule has 0 radical (unpaired) electrons. The Kier molecular flexibility index (Phi) is 5.23. The first kappa shape index (κ1) is 15.4. The fourth-order valence-corrected chi connectivity index (χ4v) is 1.79. The summed E-state index contributed by atoms with van der Waals surface area (Å²) in [6.07, 6.45) is -0.688. The van der Waals surface area contributed by atoms with Gasteiger partial charge in [0.05, 0.1) is 25.7 Å². The number of nitrogens with one attached hydrogen (secondary N) is 1. The van der Waals surface area contributed by atoms with Crippen LogP contribution in [0.1, 0.15) is 23.4 Å². The summed E-state index contributed by atoms with van der Waals surface area (Å²) in [5, 5.41) is 15.1. The topological polar surface area (TPSA) is 118 Å². The number of ether oxygens (including phenoxy) is 1. The molecule has 1 aliphatic heterocycles. The quantitative estimate of drug-likeness (QED) is 0.685. The minimum absolute atomic E-state index is 0.0207. The summed E-state index contributed by atoms with van der Waals surface area (Å²) in [7, 11) is 0. The number of carbonyl (C=O) groups is 2. The minimum Gasteiger partial charge on any atom is -0.392 e. The Morgan fingerprint density at radius 2 is 2.14 bits per heavy atom. The van der Waals surface area contributed by atoms with E-state index in [2.05, 4.69) is 15.5 Å². The Balaban J connectivity index is 1.87. The lowest BCUT2D eigenvalue weighted by molar-refractivity contribution is -0.134. The van der Waals surface area contributed by atoms with Gasteiger partial charge in [-0.2, -0.15) is 4.98 Å². The molecule has 0 aliphatic carbocycles. The predicted octanol–water partition coefficient (Wildman–Crippen LogP) is -1.42. The van der Waals surface area contributed by atoms with Gasteiger partial charge < -0.3 is 24.6 Å². The average Bonchev–Trinajstić information content (AvgIpc) is 2.94. The van der Waals surface area contributed by atoms with Crippen LogP contribution in [0.2, 0.25) is 0 Å². The molecule has 2 amide bonds. The van der Waals surface area contributed by atoms with Crippen molar-refractivity contribution in [3.05, 3.63) is 11.7 Å². The van der Waals surface area contributed by atoms with Gasteiger partial charge in [-0.05, 0) is 6.92 Å². The van der Waals surface area contributed by atoms with Gasteiger partial charge >= 0.3 is 11.8 Å². The molecule has 2 N–H and O–H groups in total. The highest BCUT2D eigenvalue weighted by atomic mass is 16.5. The summed E-state index contributed by atoms with van der Waals surface area (Å²) in [6, 6.07) is 0. The van der Waals surface area contributed by atoms with Crippen LogP contribution in [0, 0.1) is 0 Å². The lowest BCUT2D eigenvalue weighted by atomic mass is 10.3. The molecule has 1 aliphatic rings. The molecule has 0 bridgehead atoms. The van der Waals surface area contributed by atoms with Gasteiger partial charge in [0.2, 0.25) is 5.91 Å². The number of aliphatic hydroxyl groups excluding tert-OH is 1. The van der Waals surface area contributed by atoms with E-state index in [-0.39, 0.29) is 30.6 Å². The Bertz CT molecular complexity index is 496. The molecular formula is C12H18N4O5. The SMILES string of the molecule is C[C@@H](O)CNC(=O)c1nc(CC(=O)N2CCOCC2)no1. The van der Waals surface area contributed by atoms with Gasteiger partial charge in [-0.25, -0.2) is 0 Å². The first-order chi connectivity index (χ1) is 10.1. The second-order valence-corrected chi connectivity index (χ2v) is 4.74. The summed E-state index contributed by atoms with van der Waals surface area (Å²) in [5.74, 6) is -0.766. The van der Waals surface area contributed by atoms with E-state index in [1.165, 1.54) is 0 Å². The summed E-state index contributed by atoms with van der Waals surface area (Å²) in [6.45, 7) is 3.75. The molecule has 9 heteroatoms. The van der Waals surface area contributed by atoms with Crippen molar-refractivity contribution in [2.45, 2.75) is 19.4 Å². The van der Waals surface area contributed by atoms with Crippen molar-refractivity contribution in [3.8, 4) is 0 Å². The zero-order valence-corrected chi connectivity index (χ0v) is 11.7. The molecule has 2 rings (SSSR count). The summed E-state index contributed by atoms with van der Waals surface area (Å²) < 4.78 is 9.96. The van der Waals surface area contributed by atoms with Crippen LogP contribution < -0.4 is 5.32 Å². The van der Waals surface area contributed by atoms with Crippen molar-refractivity contribution in [2.75, 3.05) is 32.8 Å². The van der Waals surface area contributed by atoms with Gasteiger partial charge in [-0.1, -0.05) is 5.16 Å². The molecule has 0 aromatic carbocycles. The highest BCUT2D eigenvalue weighted by Gasteiger charge is 2.21. The standard InChI is InChI=1S/C12H18N4O5/c1-8(17)7-13-11(19)12-14-9(15-21-12)6-10(18)16-2-4-20-5-3-16/h8,17H,2-7H2,1H3,(H,13,19)/t8-/m1/s1. The lowest BCUT2D eigenvalue weighted by Crippen LogP contribution is -2.41. The van der Waals surface area contributed by atoms with Crippen molar-refractivity contribution in [1.29, 1.82) is 0 Å². The van der Waals surface area contributed by atoms with Gasteiger partial charge in [0.1, 0.15) is 0 Å². The van der Waals surface area contributed by atoms with E-state index in [4.69, 9.17) is 14.4 Å². The minimum atomic E-state index is -0.667. The van der Waals surface area contributed by atoms with Crippen LogP contribution >= 0.6 is 0 Å². The van der Waals surface area contributed by atoms with Crippen molar-refractivity contribution in [2.24, 2.45) is 0 Å². The van der Waals surface area contributed by atoms with Gasteiger partial charge in [0, 0.05) is 19.6 Å². The second kappa shape index (κ2) is 7.14. The van der Waals surface area contributed by atoms with Gasteiger partial charge in [-0.15, -0.1) is 0 Å². The maximum Gasteiger partial charge on any atom is 0.315 e. The van der Waals surface area contributed by atoms with E-state index in [9.17, 15) is 9.59 Å². The number of rotatable bonds is 5. The van der Waals surface area contributed by atoms with Crippen LogP contribution in [0.25, 0.3) is 0 Å². The Hall–Kier alpha value is -2.00. The number of hydrogen-bond donors (Lipinski definition) is 2. The van der Waals surface area contributed by atoms with E-state index in [0.29, 0.717) is 26.3 Å². The molecule has 0 saturated carbocycles. The number of aliphatic hydroxyl groups is 1. The third-order valence-corrected chi connectivity index (χ3v) is 2.89. The van der Waals surface area contributed by atoms with E-state index in [0.717, 1.165) is 0 Å². The molecule has 21 heavy (non-hydrogen) atoms. The monoisotopic (exact) mass is 298 g/mol. The molecule has 1 atom stereocenters. The molecular weight excluding hydrogens is 280 g/mol. The number of morpholine rings is 1. The van der Waals surface area contributed by atoms with Crippen LogP contribution in [-0.4, -0.2) is 70.9 Å². The number of hydrogen-bond acceptors (Lipinski definition) is 7. The third-order valence-electron chi connectivity index (χ3n) is 2.89. The van der Waals surface area contributed by atoms with E-state index >= 15 is 0 Å². The van der Waals surface area contributed by atoms with E-state index in [1.807, 2.05) is 0 Å². The third kappa shape index (κ3) is 4.50. The summed E-state index contributed by atoms with van der Waals surface area (Å²) in [4.78, 5) is 29.1. The maximum atomic E-state index is 12.0. The molecule has 116 valence electrons. The highest BCUT2D eigenvalue weighted by Crippen LogP contribution is 2.03. The van der Waals surface area contributed by atoms with Crippen LogP contribution in [-0.2, 0) is 16.0 Å². The number of carbonyl (C=O) groups excluding carboxylic acids is 2. The van der Waals surface area contributed by atoms with Gasteiger partial charge in [0.15, 0.2) is 5.82 Å². The van der Waals surface area contributed by atoms with Crippen molar-refractivity contribution in [3.63, 3.8) is 0 Å².